The second-order valence-corrected chi connectivity index (χ2v) is 9.10. The van der Waals surface area contributed by atoms with Gasteiger partial charge < -0.3 is 19.0 Å². The standard InChI is InChI=1S/C29H22N4O4/c1-36-23-9-5-7-18-25-24(37-2)15-30-19(27(25)31-26(18)23)11-13-32-12-10-17-16-6-3-4-8-20(16)33-28(17)21(32)14-22(34)29(33)35/h3-10,12,14-15,31H,11,13H2,1-2H3. The van der Waals surface area contributed by atoms with Crippen molar-refractivity contribution in [2.45, 2.75) is 13.0 Å². The molecule has 37 heavy (non-hydrogen) atoms. The van der Waals surface area contributed by atoms with Crippen LogP contribution in [0.4, 0.5) is 0 Å². The molecule has 0 saturated carbocycles. The maximum Gasteiger partial charge on any atom is 0.303 e. The van der Waals surface area contributed by atoms with Crippen LogP contribution in [-0.2, 0) is 13.0 Å². The van der Waals surface area contributed by atoms with E-state index in [0.29, 0.717) is 18.7 Å². The molecule has 2 aliphatic rings. The average Bonchev–Trinajstić information content (AvgIpc) is 3.48. The van der Waals surface area contributed by atoms with Gasteiger partial charge in [0.25, 0.3) is 0 Å². The third-order valence-electron chi connectivity index (χ3n) is 7.27. The van der Waals surface area contributed by atoms with Crippen LogP contribution in [0, 0.1) is 0 Å². The van der Waals surface area contributed by atoms with E-state index in [1.165, 1.54) is 6.07 Å². The molecule has 2 aliphatic heterocycles. The summed E-state index contributed by atoms with van der Waals surface area (Å²) < 4.78 is 14.8. The Hall–Kier alpha value is -4.85. The fourth-order valence-corrected chi connectivity index (χ4v) is 5.59. The van der Waals surface area contributed by atoms with E-state index in [0.717, 1.165) is 60.9 Å². The van der Waals surface area contributed by atoms with Crippen LogP contribution in [0.5, 0.6) is 11.5 Å². The predicted molar refractivity (Wildman–Crippen MR) is 144 cm³/mol. The lowest BCUT2D eigenvalue weighted by atomic mass is 10.1. The van der Waals surface area contributed by atoms with E-state index in [1.54, 1.807) is 24.8 Å². The van der Waals surface area contributed by atoms with Gasteiger partial charge in [-0.25, -0.2) is 0 Å². The van der Waals surface area contributed by atoms with Crippen molar-refractivity contribution in [2.75, 3.05) is 14.2 Å². The number of nitrogens with one attached hydrogen (secondary N) is 1. The van der Waals surface area contributed by atoms with Crippen LogP contribution < -0.4 is 20.5 Å². The van der Waals surface area contributed by atoms with Gasteiger partial charge in [0.2, 0.25) is 5.43 Å². The number of pyridine rings is 3. The first-order valence-corrected chi connectivity index (χ1v) is 12.0. The van der Waals surface area contributed by atoms with E-state index in [1.807, 2.05) is 59.3 Å². The molecule has 0 spiro atoms. The van der Waals surface area contributed by atoms with Gasteiger partial charge in [-0.2, -0.15) is 0 Å². The van der Waals surface area contributed by atoms with Gasteiger partial charge in [0.05, 0.1) is 59.4 Å². The number of fused-ring (bicyclic) bond motifs is 6. The molecule has 0 bridgehead atoms. The quantitative estimate of drug-likeness (QED) is 0.360. The number of ether oxygens (including phenoxy) is 2. The van der Waals surface area contributed by atoms with Crippen LogP contribution in [0.1, 0.15) is 5.69 Å². The molecular formula is C29H22N4O4. The summed E-state index contributed by atoms with van der Waals surface area (Å²) in [4.78, 5) is 33.7. The molecule has 0 atom stereocenters. The molecule has 5 heterocycles. The van der Waals surface area contributed by atoms with Gasteiger partial charge in [-0.15, -0.1) is 0 Å². The normalized spacial score (nSPS) is 11.9. The van der Waals surface area contributed by atoms with E-state index in [2.05, 4.69) is 4.98 Å². The van der Waals surface area contributed by atoms with Crippen molar-refractivity contribution >= 4 is 38.1 Å². The second-order valence-electron chi connectivity index (χ2n) is 9.10. The first-order chi connectivity index (χ1) is 18.1. The maximum absolute atomic E-state index is 12.8. The molecule has 7 rings (SSSR count). The molecule has 5 aromatic rings. The fourth-order valence-electron chi connectivity index (χ4n) is 5.59. The van der Waals surface area contributed by atoms with Gasteiger partial charge in [-0.1, -0.05) is 30.3 Å². The van der Waals surface area contributed by atoms with Gasteiger partial charge in [0.1, 0.15) is 11.5 Å². The van der Waals surface area contributed by atoms with E-state index in [9.17, 15) is 9.59 Å². The van der Waals surface area contributed by atoms with Gasteiger partial charge in [0, 0.05) is 41.4 Å². The Morgan fingerprint density at radius 1 is 0.892 bits per heavy atom. The zero-order valence-electron chi connectivity index (χ0n) is 20.2. The zero-order chi connectivity index (χ0) is 25.3. The van der Waals surface area contributed by atoms with E-state index >= 15 is 0 Å². The van der Waals surface area contributed by atoms with Crippen molar-refractivity contribution in [2.24, 2.45) is 0 Å². The number of aryl methyl sites for hydroxylation is 2. The van der Waals surface area contributed by atoms with Crippen molar-refractivity contribution in [1.29, 1.82) is 0 Å². The molecule has 0 unspecified atom stereocenters. The third-order valence-corrected chi connectivity index (χ3v) is 7.27. The highest BCUT2D eigenvalue weighted by molar-refractivity contribution is 6.12. The van der Waals surface area contributed by atoms with Gasteiger partial charge in [0.15, 0.2) is 0 Å². The highest BCUT2D eigenvalue weighted by atomic mass is 16.5. The summed E-state index contributed by atoms with van der Waals surface area (Å²) in [5.74, 6) is 1.43. The smallest absolute Gasteiger partial charge is 0.303 e. The van der Waals surface area contributed by atoms with Crippen molar-refractivity contribution in [1.82, 2.24) is 18.9 Å². The van der Waals surface area contributed by atoms with Crippen LogP contribution in [0.25, 0.3) is 49.5 Å². The monoisotopic (exact) mass is 490 g/mol. The number of rotatable bonds is 5. The Bertz CT molecular complexity index is 2070. The number of aromatic nitrogens is 4. The van der Waals surface area contributed by atoms with Gasteiger partial charge in [-0.05, 0) is 18.2 Å². The van der Waals surface area contributed by atoms with Crippen molar-refractivity contribution < 1.29 is 9.47 Å². The highest BCUT2D eigenvalue weighted by Crippen LogP contribution is 2.38. The molecule has 0 amide bonds. The summed E-state index contributed by atoms with van der Waals surface area (Å²) in [6.07, 6.45) is 4.31. The number of nitrogens with zero attached hydrogens (tertiary/aromatic N) is 3. The van der Waals surface area contributed by atoms with Gasteiger partial charge >= 0.3 is 5.56 Å². The number of methoxy groups -OCH3 is 2. The Labute approximate surface area is 210 Å². The molecule has 0 aliphatic carbocycles. The van der Waals surface area contributed by atoms with E-state index in [-0.39, 0.29) is 0 Å². The van der Waals surface area contributed by atoms with E-state index < -0.39 is 11.0 Å². The third kappa shape index (κ3) is 2.92. The number of hydrogen-bond donors (Lipinski definition) is 1. The van der Waals surface area contributed by atoms with E-state index in [4.69, 9.17) is 14.5 Å². The van der Waals surface area contributed by atoms with Gasteiger partial charge in [-0.3, -0.25) is 19.0 Å². The van der Waals surface area contributed by atoms with Crippen LogP contribution in [0.2, 0.25) is 0 Å². The minimum absolute atomic E-state index is 0.525. The highest BCUT2D eigenvalue weighted by Gasteiger charge is 2.22. The van der Waals surface area contributed by atoms with Crippen LogP contribution >= 0.6 is 0 Å². The topological polar surface area (TPSA) is 90.6 Å². The summed E-state index contributed by atoms with van der Waals surface area (Å²) in [6, 6.07) is 17.0. The fraction of sp³-hybridized carbons (Fsp3) is 0.138. The lowest BCUT2D eigenvalue weighted by molar-refractivity contribution is 0.418. The first-order valence-electron chi connectivity index (χ1n) is 12.0. The molecule has 182 valence electrons. The van der Waals surface area contributed by atoms with Crippen LogP contribution in [0.3, 0.4) is 0 Å². The minimum atomic E-state index is -0.526. The Balaban J connectivity index is 1.38. The van der Waals surface area contributed by atoms with Crippen LogP contribution in [0.15, 0.2) is 76.6 Å². The number of benzene rings is 2. The second kappa shape index (κ2) is 7.83. The zero-order valence-corrected chi connectivity index (χ0v) is 20.2. The lowest BCUT2D eigenvalue weighted by Gasteiger charge is -2.16. The molecule has 0 radical (unpaired) electrons. The van der Waals surface area contributed by atoms with Crippen molar-refractivity contribution in [3.8, 4) is 22.9 Å². The lowest BCUT2D eigenvalue weighted by Crippen LogP contribution is -2.31. The maximum atomic E-state index is 12.8. The Morgan fingerprint density at radius 2 is 1.70 bits per heavy atom. The summed E-state index contributed by atoms with van der Waals surface area (Å²) in [7, 11) is 3.29. The molecule has 8 heteroatoms. The summed E-state index contributed by atoms with van der Waals surface area (Å²) in [5.41, 5.74) is 3.82. The van der Waals surface area contributed by atoms with Crippen LogP contribution in [-0.4, -0.2) is 33.2 Å². The molecule has 0 saturated heterocycles. The molecule has 2 aromatic carbocycles. The molecule has 0 fully saturated rings. The number of aromatic amines is 1. The summed E-state index contributed by atoms with van der Waals surface area (Å²) >= 11 is 0. The first kappa shape index (κ1) is 21.4. The predicted octanol–water partition coefficient (Wildman–Crippen LogP) is 4.45. The Morgan fingerprint density at radius 3 is 2.54 bits per heavy atom. The summed E-state index contributed by atoms with van der Waals surface area (Å²) in [5, 5.41) is 3.86. The SMILES string of the molecule is COc1cccc2c1[nH]c1c(CCn3ccc4c5n(c(=O)c(=O)cc3-5)c3ccccc43)ncc(OC)c12. The number of hydrogen-bond acceptors (Lipinski definition) is 5. The molecular weight excluding hydrogens is 468 g/mol. The Kier molecular flexibility index (Phi) is 4.53. The number of para-hydroxylation sites is 2. The molecule has 8 nitrogen and oxygen atoms in total. The average molecular weight is 491 g/mol. The summed E-state index contributed by atoms with van der Waals surface area (Å²) in [6.45, 7) is 0.561. The molecule has 3 aromatic heterocycles. The van der Waals surface area contributed by atoms with Crippen molar-refractivity contribution in [3.05, 3.63) is 93.3 Å². The number of H-pyrrole nitrogens is 1. The molecule has 1 N–H and O–H groups in total. The minimum Gasteiger partial charge on any atom is -0.495 e. The largest absolute Gasteiger partial charge is 0.495 e. The van der Waals surface area contributed by atoms with Crippen molar-refractivity contribution in [3.63, 3.8) is 0 Å².